The van der Waals surface area contributed by atoms with Gasteiger partial charge in [-0.1, -0.05) is 44.2 Å². The second kappa shape index (κ2) is 8.99. The molecular weight excluding hydrogens is 316 g/mol. The fourth-order valence-corrected chi connectivity index (χ4v) is 3.74. The van der Waals surface area contributed by atoms with E-state index in [0.717, 1.165) is 25.7 Å². The Kier molecular flexibility index (Phi) is 6.45. The summed E-state index contributed by atoms with van der Waals surface area (Å²) >= 11 is 0. The van der Waals surface area contributed by atoms with Gasteiger partial charge in [0.1, 0.15) is 6.61 Å². The van der Waals surface area contributed by atoms with E-state index < -0.39 is 0 Å². The standard InChI is InChI=1S/C20H28N2O3/c23-19(14-25-16-10-2-1-3-11-16)22-18-13-7-6-12-17(18)20(24)21-15-8-4-5-9-15/h6-7,12-13,15-16H,1-5,8-11,14H2,(H,21,24)(H,22,23). The van der Waals surface area contributed by atoms with Gasteiger partial charge in [-0.15, -0.1) is 0 Å². The molecule has 0 aliphatic heterocycles. The Labute approximate surface area is 149 Å². The molecule has 5 heteroatoms. The lowest BCUT2D eigenvalue weighted by Crippen LogP contribution is -2.33. The Hall–Kier alpha value is -1.88. The Morgan fingerprint density at radius 1 is 0.960 bits per heavy atom. The van der Waals surface area contributed by atoms with Gasteiger partial charge in [-0.05, 0) is 37.8 Å². The van der Waals surface area contributed by atoms with Crippen LogP contribution in [0.1, 0.15) is 68.1 Å². The Morgan fingerprint density at radius 3 is 2.40 bits per heavy atom. The highest BCUT2D eigenvalue weighted by molar-refractivity contribution is 6.04. The second-order valence-corrected chi connectivity index (χ2v) is 7.12. The fourth-order valence-electron chi connectivity index (χ4n) is 3.74. The normalized spacial score (nSPS) is 18.9. The van der Waals surface area contributed by atoms with Crippen LogP contribution in [0.2, 0.25) is 0 Å². The third-order valence-corrected chi connectivity index (χ3v) is 5.14. The van der Waals surface area contributed by atoms with Crippen LogP contribution in [0.15, 0.2) is 24.3 Å². The van der Waals surface area contributed by atoms with E-state index in [0.29, 0.717) is 11.3 Å². The zero-order chi connectivity index (χ0) is 17.5. The number of hydrogen-bond acceptors (Lipinski definition) is 3. The lowest BCUT2D eigenvalue weighted by atomic mass is 9.98. The SMILES string of the molecule is O=C(COC1CCCCC1)Nc1ccccc1C(=O)NC1CCCC1. The number of carbonyl (C=O) groups excluding carboxylic acids is 2. The van der Waals surface area contributed by atoms with Crippen LogP contribution in [0, 0.1) is 0 Å². The van der Waals surface area contributed by atoms with Crippen molar-refractivity contribution in [3.05, 3.63) is 29.8 Å². The summed E-state index contributed by atoms with van der Waals surface area (Å²) in [4.78, 5) is 24.7. The lowest BCUT2D eigenvalue weighted by molar-refractivity contribution is -0.123. The molecule has 3 rings (SSSR count). The molecule has 0 atom stereocenters. The van der Waals surface area contributed by atoms with Crippen LogP contribution < -0.4 is 10.6 Å². The first-order chi connectivity index (χ1) is 12.2. The number of carbonyl (C=O) groups is 2. The molecule has 0 aromatic heterocycles. The van der Waals surface area contributed by atoms with Crippen molar-refractivity contribution in [3.8, 4) is 0 Å². The van der Waals surface area contributed by atoms with Gasteiger partial charge in [0.05, 0.1) is 17.4 Å². The number of hydrogen-bond donors (Lipinski definition) is 2. The maximum Gasteiger partial charge on any atom is 0.253 e. The largest absolute Gasteiger partial charge is 0.368 e. The first-order valence-corrected chi connectivity index (χ1v) is 9.54. The summed E-state index contributed by atoms with van der Waals surface area (Å²) in [6, 6.07) is 7.41. The van der Waals surface area contributed by atoms with E-state index in [2.05, 4.69) is 10.6 Å². The minimum atomic E-state index is -0.202. The average molecular weight is 344 g/mol. The van der Waals surface area contributed by atoms with E-state index in [1.807, 2.05) is 12.1 Å². The van der Waals surface area contributed by atoms with Crippen molar-refractivity contribution in [3.63, 3.8) is 0 Å². The predicted molar refractivity (Wildman–Crippen MR) is 97.6 cm³/mol. The predicted octanol–water partition coefficient (Wildman–Crippen LogP) is 3.65. The molecule has 2 amide bonds. The zero-order valence-electron chi connectivity index (χ0n) is 14.8. The number of amides is 2. The molecule has 5 nitrogen and oxygen atoms in total. The molecule has 2 saturated carbocycles. The van der Waals surface area contributed by atoms with E-state index in [4.69, 9.17) is 4.74 Å². The van der Waals surface area contributed by atoms with Crippen molar-refractivity contribution in [1.82, 2.24) is 5.32 Å². The number of rotatable bonds is 6. The molecule has 25 heavy (non-hydrogen) atoms. The highest BCUT2D eigenvalue weighted by Crippen LogP contribution is 2.21. The van der Waals surface area contributed by atoms with Crippen molar-refractivity contribution < 1.29 is 14.3 Å². The topological polar surface area (TPSA) is 67.4 Å². The molecule has 2 aliphatic carbocycles. The van der Waals surface area contributed by atoms with Gasteiger partial charge >= 0.3 is 0 Å². The van der Waals surface area contributed by atoms with Crippen molar-refractivity contribution in [2.75, 3.05) is 11.9 Å². The van der Waals surface area contributed by atoms with Crippen LogP contribution in [0.25, 0.3) is 0 Å². The lowest BCUT2D eigenvalue weighted by Gasteiger charge is -2.21. The average Bonchev–Trinajstić information content (AvgIpc) is 3.14. The molecule has 136 valence electrons. The Morgan fingerprint density at radius 2 is 1.64 bits per heavy atom. The summed E-state index contributed by atoms with van der Waals surface area (Å²) in [5.41, 5.74) is 1.07. The Bertz CT molecular complexity index is 590. The molecule has 1 aromatic carbocycles. The number of anilines is 1. The van der Waals surface area contributed by atoms with E-state index in [-0.39, 0.29) is 30.6 Å². The molecule has 2 fully saturated rings. The van der Waals surface area contributed by atoms with Gasteiger partial charge in [0.2, 0.25) is 5.91 Å². The van der Waals surface area contributed by atoms with Gasteiger partial charge in [-0.25, -0.2) is 0 Å². The molecule has 2 N–H and O–H groups in total. The highest BCUT2D eigenvalue weighted by Gasteiger charge is 2.20. The van der Waals surface area contributed by atoms with Crippen LogP contribution in [0.4, 0.5) is 5.69 Å². The maximum atomic E-state index is 12.5. The number of para-hydroxylation sites is 1. The molecule has 2 aliphatic rings. The molecule has 0 heterocycles. The zero-order valence-corrected chi connectivity index (χ0v) is 14.8. The van der Waals surface area contributed by atoms with Gasteiger partial charge in [-0.3, -0.25) is 9.59 Å². The molecule has 0 saturated heterocycles. The van der Waals surface area contributed by atoms with E-state index in [1.165, 1.54) is 32.1 Å². The van der Waals surface area contributed by atoms with Crippen LogP contribution >= 0.6 is 0 Å². The molecule has 0 spiro atoms. The van der Waals surface area contributed by atoms with Crippen molar-refractivity contribution >= 4 is 17.5 Å². The molecule has 0 unspecified atom stereocenters. The van der Waals surface area contributed by atoms with Gasteiger partial charge in [0.15, 0.2) is 0 Å². The van der Waals surface area contributed by atoms with Gasteiger partial charge < -0.3 is 15.4 Å². The van der Waals surface area contributed by atoms with Crippen LogP contribution in [0.5, 0.6) is 0 Å². The minimum Gasteiger partial charge on any atom is -0.368 e. The van der Waals surface area contributed by atoms with Crippen molar-refractivity contribution in [2.45, 2.75) is 69.9 Å². The summed E-state index contributed by atoms with van der Waals surface area (Å²) in [6.45, 7) is 0.0449. The number of nitrogens with one attached hydrogen (secondary N) is 2. The quantitative estimate of drug-likeness (QED) is 0.828. The number of ether oxygens (including phenoxy) is 1. The van der Waals surface area contributed by atoms with Crippen LogP contribution in [0.3, 0.4) is 0 Å². The molecular formula is C20H28N2O3. The third kappa shape index (κ3) is 5.30. The summed E-state index contributed by atoms with van der Waals surface area (Å²) in [7, 11) is 0. The smallest absolute Gasteiger partial charge is 0.253 e. The summed E-state index contributed by atoms with van der Waals surface area (Å²) in [6.07, 6.45) is 10.3. The van der Waals surface area contributed by atoms with Crippen LogP contribution in [-0.2, 0) is 9.53 Å². The summed E-state index contributed by atoms with van der Waals surface area (Å²) in [5, 5.41) is 5.90. The first kappa shape index (κ1) is 17.9. The van der Waals surface area contributed by atoms with Crippen molar-refractivity contribution in [1.29, 1.82) is 0 Å². The summed E-state index contributed by atoms with van der Waals surface area (Å²) in [5.74, 6) is -0.317. The Balaban J connectivity index is 1.54. The van der Waals surface area contributed by atoms with E-state index >= 15 is 0 Å². The fraction of sp³-hybridized carbons (Fsp3) is 0.600. The number of benzene rings is 1. The van der Waals surface area contributed by atoms with Crippen LogP contribution in [-0.4, -0.2) is 30.6 Å². The first-order valence-electron chi connectivity index (χ1n) is 9.54. The maximum absolute atomic E-state index is 12.5. The monoisotopic (exact) mass is 344 g/mol. The highest BCUT2D eigenvalue weighted by atomic mass is 16.5. The minimum absolute atomic E-state index is 0.0449. The molecule has 1 aromatic rings. The van der Waals surface area contributed by atoms with E-state index in [9.17, 15) is 9.59 Å². The van der Waals surface area contributed by atoms with Crippen molar-refractivity contribution in [2.24, 2.45) is 0 Å². The third-order valence-electron chi connectivity index (χ3n) is 5.14. The second-order valence-electron chi connectivity index (χ2n) is 7.12. The summed E-state index contributed by atoms with van der Waals surface area (Å²) < 4.78 is 5.71. The van der Waals surface area contributed by atoms with Gasteiger partial charge in [-0.2, -0.15) is 0 Å². The van der Waals surface area contributed by atoms with E-state index in [1.54, 1.807) is 12.1 Å². The molecule has 0 bridgehead atoms. The van der Waals surface area contributed by atoms with Gasteiger partial charge in [0, 0.05) is 6.04 Å². The molecule has 0 radical (unpaired) electrons. The van der Waals surface area contributed by atoms with Gasteiger partial charge in [0.25, 0.3) is 5.91 Å².